The molecule has 2 saturated heterocycles. The molecule has 0 saturated carbocycles. The third-order valence-corrected chi connectivity index (χ3v) is 3.34. The molecule has 5 heteroatoms. The number of hydrogen-bond acceptors (Lipinski definition) is 3. The lowest BCUT2D eigenvalue weighted by Crippen LogP contribution is -2.55. The van der Waals surface area contributed by atoms with Crippen molar-refractivity contribution in [2.24, 2.45) is 5.73 Å². The van der Waals surface area contributed by atoms with Crippen LogP contribution in [-0.4, -0.2) is 33.9 Å². The summed E-state index contributed by atoms with van der Waals surface area (Å²) in [6.45, 7) is 0. The zero-order chi connectivity index (χ0) is 8.01. The molecule has 2 N–H and O–H groups in total. The number of carbonyl (C=O) groups excluding carboxylic acids is 2. The Bertz CT molecular complexity index is 223. The fraction of sp³-hybridized carbons (Fsp3) is 0.667. The Morgan fingerprint density at radius 3 is 2.91 bits per heavy atom. The molecule has 4 nitrogen and oxygen atoms in total. The summed E-state index contributed by atoms with van der Waals surface area (Å²) in [5, 5.41) is 0.236. The molecule has 0 spiro atoms. The average Bonchev–Trinajstić information content (AvgIpc) is 2.25. The summed E-state index contributed by atoms with van der Waals surface area (Å²) < 4.78 is 0. The van der Waals surface area contributed by atoms with E-state index in [4.69, 9.17) is 5.73 Å². The molecule has 2 atom stereocenters. The van der Waals surface area contributed by atoms with Gasteiger partial charge in [0, 0.05) is 5.75 Å². The van der Waals surface area contributed by atoms with Crippen LogP contribution in [0.3, 0.4) is 0 Å². The van der Waals surface area contributed by atoms with Gasteiger partial charge in [0.1, 0.15) is 6.04 Å². The van der Waals surface area contributed by atoms with Crippen LogP contribution >= 0.6 is 11.8 Å². The van der Waals surface area contributed by atoms with Crippen LogP contribution in [0.25, 0.3) is 0 Å². The smallest absolute Gasteiger partial charge is 0.241 e. The standard InChI is InChI=1S/C6H8N2O2S/c7-6(10)3-2-11-5-1-4(9)8(3)5/h3,5H,1-2H2,(H2,7,10)/t3?,5-/m1/s1. The van der Waals surface area contributed by atoms with Crippen molar-refractivity contribution in [1.82, 2.24) is 4.90 Å². The minimum atomic E-state index is -0.381. The van der Waals surface area contributed by atoms with E-state index in [1.54, 1.807) is 16.7 Å². The molecule has 0 radical (unpaired) electrons. The quantitative estimate of drug-likeness (QED) is 0.524. The second-order valence-corrected chi connectivity index (χ2v) is 3.92. The predicted octanol–water partition coefficient (Wildman–Crippen LogP) is -0.855. The van der Waals surface area contributed by atoms with E-state index in [0.717, 1.165) is 0 Å². The Kier molecular flexibility index (Phi) is 1.35. The lowest BCUT2D eigenvalue weighted by atomic mass is 10.1. The zero-order valence-electron chi connectivity index (χ0n) is 5.82. The summed E-state index contributed by atoms with van der Waals surface area (Å²) in [6.07, 6.45) is 0.578. The summed E-state index contributed by atoms with van der Waals surface area (Å²) >= 11 is 1.64. The third-order valence-electron chi connectivity index (χ3n) is 2.06. The first-order valence-corrected chi connectivity index (χ1v) is 4.47. The number of nitrogens with two attached hydrogens (primary N) is 1. The number of hydrogen-bond donors (Lipinski definition) is 1. The van der Waals surface area contributed by atoms with Crippen LogP contribution in [0.1, 0.15) is 6.42 Å². The largest absolute Gasteiger partial charge is 0.368 e. The van der Waals surface area contributed by atoms with Gasteiger partial charge < -0.3 is 10.6 Å². The van der Waals surface area contributed by atoms with Gasteiger partial charge in [0.25, 0.3) is 0 Å². The van der Waals surface area contributed by atoms with Gasteiger partial charge in [-0.3, -0.25) is 9.59 Å². The SMILES string of the molecule is NC(=O)C1CS[C@@H]2CC(=O)N12. The van der Waals surface area contributed by atoms with Crippen molar-refractivity contribution >= 4 is 23.6 Å². The normalized spacial score (nSPS) is 34.9. The fourth-order valence-electron chi connectivity index (χ4n) is 1.42. The van der Waals surface area contributed by atoms with Gasteiger partial charge in [-0.15, -0.1) is 11.8 Å². The zero-order valence-corrected chi connectivity index (χ0v) is 6.63. The van der Waals surface area contributed by atoms with Crippen LogP contribution in [0.5, 0.6) is 0 Å². The number of amides is 2. The third kappa shape index (κ3) is 0.837. The van der Waals surface area contributed by atoms with E-state index < -0.39 is 0 Å². The van der Waals surface area contributed by atoms with Gasteiger partial charge in [0.2, 0.25) is 11.8 Å². The molecule has 2 aliphatic heterocycles. The number of nitrogens with zero attached hydrogens (tertiary/aromatic N) is 1. The predicted molar refractivity (Wildman–Crippen MR) is 40.7 cm³/mol. The Balaban J connectivity index is 2.14. The second-order valence-electron chi connectivity index (χ2n) is 2.71. The van der Waals surface area contributed by atoms with Gasteiger partial charge in [0.15, 0.2) is 0 Å². The van der Waals surface area contributed by atoms with Gasteiger partial charge in [-0.1, -0.05) is 0 Å². The molecule has 1 unspecified atom stereocenters. The lowest BCUT2D eigenvalue weighted by molar-refractivity contribution is -0.147. The van der Waals surface area contributed by atoms with Crippen LogP contribution in [-0.2, 0) is 9.59 Å². The van der Waals surface area contributed by atoms with E-state index in [1.165, 1.54) is 0 Å². The van der Waals surface area contributed by atoms with Gasteiger partial charge >= 0.3 is 0 Å². The van der Waals surface area contributed by atoms with Crippen molar-refractivity contribution in [3.63, 3.8) is 0 Å². The van der Waals surface area contributed by atoms with Gasteiger partial charge in [-0.25, -0.2) is 0 Å². The fourth-order valence-corrected chi connectivity index (χ4v) is 2.83. The van der Waals surface area contributed by atoms with E-state index in [1.807, 2.05) is 0 Å². The van der Waals surface area contributed by atoms with Gasteiger partial charge in [-0.05, 0) is 0 Å². The number of primary amides is 1. The van der Waals surface area contributed by atoms with E-state index >= 15 is 0 Å². The van der Waals surface area contributed by atoms with Crippen molar-refractivity contribution in [2.45, 2.75) is 17.8 Å². The van der Waals surface area contributed by atoms with Crippen molar-refractivity contribution in [3.05, 3.63) is 0 Å². The number of β-lactam (4-membered cyclic amide) rings is 1. The molecule has 0 aromatic rings. The van der Waals surface area contributed by atoms with Crippen LogP contribution < -0.4 is 5.73 Å². The molecule has 0 aliphatic carbocycles. The summed E-state index contributed by atoms with van der Waals surface area (Å²) in [5.74, 6) is 0.350. The van der Waals surface area contributed by atoms with E-state index in [2.05, 4.69) is 0 Å². The first-order chi connectivity index (χ1) is 5.20. The summed E-state index contributed by atoms with van der Waals surface area (Å²) in [6, 6.07) is -0.341. The number of fused-ring (bicyclic) bond motifs is 1. The number of thioether (sulfide) groups is 1. The highest BCUT2D eigenvalue weighted by molar-refractivity contribution is 8.00. The Morgan fingerprint density at radius 1 is 1.73 bits per heavy atom. The molecule has 2 aliphatic rings. The molecular weight excluding hydrogens is 164 g/mol. The van der Waals surface area contributed by atoms with Gasteiger partial charge in [0.05, 0.1) is 11.8 Å². The van der Waals surface area contributed by atoms with Gasteiger partial charge in [-0.2, -0.15) is 0 Å². The summed E-state index contributed by atoms with van der Waals surface area (Å²) in [5.41, 5.74) is 5.10. The van der Waals surface area contributed by atoms with E-state index in [9.17, 15) is 9.59 Å². The molecule has 0 aromatic heterocycles. The molecule has 0 aromatic carbocycles. The maximum Gasteiger partial charge on any atom is 0.241 e. The van der Waals surface area contributed by atoms with Crippen molar-refractivity contribution in [1.29, 1.82) is 0 Å². The molecule has 11 heavy (non-hydrogen) atoms. The molecule has 0 bridgehead atoms. The first kappa shape index (κ1) is 6.97. The molecule has 2 rings (SSSR count). The van der Waals surface area contributed by atoms with E-state index in [-0.39, 0.29) is 23.2 Å². The summed E-state index contributed by atoms with van der Waals surface area (Å²) in [4.78, 5) is 23.3. The molecule has 2 heterocycles. The minimum Gasteiger partial charge on any atom is -0.368 e. The highest BCUT2D eigenvalue weighted by Gasteiger charge is 2.48. The van der Waals surface area contributed by atoms with Crippen LogP contribution in [0.15, 0.2) is 0 Å². The monoisotopic (exact) mass is 172 g/mol. The topological polar surface area (TPSA) is 63.4 Å². The van der Waals surface area contributed by atoms with Crippen molar-refractivity contribution in [3.8, 4) is 0 Å². The Labute approximate surface area is 68.1 Å². The molecule has 2 fully saturated rings. The Hall–Kier alpha value is -0.710. The lowest BCUT2D eigenvalue weighted by Gasteiger charge is -2.36. The number of carbonyl (C=O) groups is 2. The van der Waals surface area contributed by atoms with Crippen molar-refractivity contribution < 1.29 is 9.59 Å². The highest BCUT2D eigenvalue weighted by atomic mass is 32.2. The maximum absolute atomic E-state index is 10.9. The molecule has 60 valence electrons. The van der Waals surface area contributed by atoms with Crippen LogP contribution in [0, 0.1) is 0 Å². The average molecular weight is 172 g/mol. The first-order valence-electron chi connectivity index (χ1n) is 3.42. The molecule has 2 amide bonds. The van der Waals surface area contributed by atoms with Crippen LogP contribution in [0.4, 0.5) is 0 Å². The van der Waals surface area contributed by atoms with E-state index in [0.29, 0.717) is 12.2 Å². The highest BCUT2D eigenvalue weighted by Crippen LogP contribution is 2.38. The molecular formula is C6H8N2O2S. The number of rotatable bonds is 1. The summed E-state index contributed by atoms with van der Waals surface area (Å²) in [7, 11) is 0. The second kappa shape index (κ2) is 2.14. The van der Waals surface area contributed by atoms with Crippen LogP contribution in [0.2, 0.25) is 0 Å². The Morgan fingerprint density at radius 2 is 2.45 bits per heavy atom. The van der Waals surface area contributed by atoms with Crippen molar-refractivity contribution in [2.75, 3.05) is 5.75 Å². The maximum atomic E-state index is 10.9. The minimum absolute atomic E-state index is 0.0591.